The van der Waals surface area contributed by atoms with Crippen LogP contribution in [0.25, 0.3) is 0 Å². The van der Waals surface area contributed by atoms with Gasteiger partial charge in [0.05, 0.1) is 24.6 Å². The van der Waals surface area contributed by atoms with Gasteiger partial charge < -0.3 is 20.3 Å². The molecule has 0 aliphatic carbocycles. The molecular weight excluding hydrogens is 408 g/mol. The fourth-order valence-electron chi connectivity index (χ4n) is 2.71. The van der Waals surface area contributed by atoms with Crippen molar-refractivity contribution in [2.24, 2.45) is 0 Å². The number of nitrogens with zero attached hydrogens (tertiary/aromatic N) is 2. The maximum absolute atomic E-state index is 12.4. The molecule has 27 heavy (non-hydrogen) atoms. The fourth-order valence-corrected chi connectivity index (χ4v) is 2.97. The maximum Gasteiger partial charge on any atom is 0.267 e. The number of hydrogen-bond donors (Lipinski definition) is 2. The first-order valence-corrected chi connectivity index (χ1v) is 9.32. The van der Waals surface area contributed by atoms with Crippen molar-refractivity contribution in [2.45, 2.75) is 0 Å². The SMILES string of the molecule is N#C/C(=C/Nc1ccccc1N1CCOCC1)C(=O)Nc1ccc(Br)cc1. The molecule has 1 aliphatic heterocycles. The Morgan fingerprint density at radius 1 is 1.15 bits per heavy atom. The van der Waals surface area contributed by atoms with Gasteiger partial charge in [0, 0.05) is 29.4 Å². The Hall–Kier alpha value is -2.82. The summed E-state index contributed by atoms with van der Waals surface area (Å²) < 4.78 is 6.31. The number of ether oxygens (including phenoxy) is 1. The molecule has 2 aromatic carbocycles. The highest BCUT2D eigenvalue weighted by atomic mass is 79.9. The minimum absolute atomic E-state index is 0.00491. The number of carbonyl (C=O) groups is 1. The van der Waals surface area contributed by atoms with E-state index in [1.165, 1.54) is 6.20 Å². The standard InChI is InChI=1S/C20H19BrN4O2/c21-16-5-7-17(8-6-16)24-20(26)15(13-22)14-23-18-3-1-2-4-19(18)25-9-11-27-12-10-25/h1-8,14,23H,9-12H2,(H,24,26)/b15-14-. The monoisotopic (exact) mass is 426 g/mol. The summed E-state index contributed by atoms with van der Waals surface area (Å²) in [5, 5.41) is 15.2. The van der Waals surface area contributed by atoms with Gasteiger partial charge in [-0.15, -0.1) is 0 Å². The van der Waals surface area contributed by atoms with Crippen LogP contribution in [0.2, 0.25) is 0 Å². The smallest absolute Gasteiger partial charge is 0.267 e. The lowest BCUT2D eigenvalue weighted by atomic mass is 10.2. The van der Waals surface area contributed by atoms with Crippen molar-refractivity contribution >= 4 is 38.9 Å². The zero-order chi connectivity index (χ0) is 19.1. The Balaban J connectivity index is 1.72. The van der Waals surface area contributed by atoms with Gasteiger partial charge in [0.1, 0.15) is 11.6 Å². The summed E-state index contributed by atoms with van der Waals surface area (Å²) in [5.41, 5.74) is 2.47. The van der Waals surface area contributed by atoms with Gasteiger partial charge in [-0.25, -0.2) is 0 Å². The zero-order valence-electron chi connectivity index (χ0n) is 14.6. The average molecular weight is 427 g/mol. The van der Waals surface area contributed by atoms with Crippen LogP contribution in [0.1, 0.15) is 0 Å². The van der Waals surface area contributed by atoms with Crippen LogP contribution >= 0.6 is 15.9 Å². The van der Waals surface area contributed by atoms with E-state index in [9.17, 15) is 10.1 Å². The van der Waals surface area contributed by atoms with E-state index in [-0.39, 0.29) is 5.57 Å². The lowest BCUT2D eigenvalue weighted by molar-refractivity contribution is -0.112. The Kier molecular flexibility index (Phi) is 6.47. The van der Waals surface area contributed by atoms with Gasteiger partial charge in [-0.05, 0) is 36.4 Å². The minimum atomic E-state index is -0.462. The van der Waals surface area contributed by atoms with E-state index in [1.807, 2.05) is 42.5 Å². The van der Waals surface area contributed by atoms with Crippen molar-refractivity contribution < 1.29 is 9.53 Å². The van der Waals surface area contributed by atoms with Gasteiger partial charge >= 0.3 is 0 Å². The minimum Gasteiger partial charge on any atom is -0.378 e. The van der Waals surface area contributed by atoms with E-state index in [0.717, 1.165) is 28.9 Å². The molecule has 1 fully saturated rings. The van der Waals surface area contributed by atoms with Crippen LogP contribution in [0.5, 0.6) is 0 Å². The first kappa shape index (κ1) is 19.0. The molecule has 138 valence electrons. The van der Waals surface area contributed by atoms with Crippen LogP contribution in [0, 0.1) is 11.3 Å². The Morgan fingerprint density at radius 2 is 1.85 bits per heavy atom. The summed E-state index contributed by atoms with van der Waals surface area (Å²) >= 11 is 3.35. The van der Waals surface area contributed by atoms with Crippen molar-refractivity contribution in [1.29, 1.82) is 5.26 Å². The van der Waals surface area contributed by atoms with Crippen molar-refractivity contribution in [2.75, 3.05) is 41.8 Å². The second-order valence-electron chi connectivity index (χ2n) is 5.89. The van der Waals surface area contributed by atoms with Crippen molar-refractivity contribution in [3.8, 4) is 6.07 Å². The summed E-state index contributed by atoms with van der Waals surface area (Å²) in [6.45, 7) is 2.97. The molecule has 2 aromatic rings. The molecule has 1 heterocycles. The second kappa shape index (κ2) is 9.21. The maximum atomic E-state index is 12.4. The number of nitrogens with one attached hydrogen (secondary N) is 2. The van der Waals surface area contributed by atoms with Gasteiger partial charge in [-0.2, -0.15) is 5.26 Å². The molecule has 0 aromatic heterocycles. The molecule has 1 amide bonds. The van der Waals surface area contributed by atoms with Crippen LogP contribution in [0.3, 0.4) is 0 Å². The van der Waals surface area contributed by atoms with E-state index in [0.29, 0.717) is 18.9 Å². The molecule has 3 rings (SSSR count). The zero-order valence-corrected chi connectivity index (χ0v) is 16.2. The number of benzene rings is 2. The molecule has 2 N–H and O–H groups in total. The molecule has 6 nitrogen and oxygen atoms in total. The average Bonchev–Trinajstić information content (AvgIpc) is 2.71. The lowest BCUT2D eigenvalue weighted by Gasteiger charge is -2.30. The van der Waals surface area contributed by atoms with Gasteiger partial charge in [-0.1, -0.05) is 28.1 Å². The molecule has 0 saturated carbocycles. The van der Waals surface area contributed by atoms with E-state index in [1.54, 1.807) is 12.1 Å². The number of carbonyl (C=O) groups excluding carboxylic acids is 1. The summed E-state index contributed by atoms with van der Waals surface area (Å²) in [6, 6.07) is 16.9. The number of rotatable bonds is 5. The third kappa shape index (κ3) is 5.09. The predicted molar refractivity (Wildman–Crippen MR) is 110 cm³/mol. The van der Waals surface area contributed by atoms with Crippen LogP contribution in [0.4, 0.5) is 17.1 Å². The van der Waals surface area contributed by atoms with Gasteiger partial charge in [-0.3, -0.25) is 4.79 Å². The molecule has 1 saturated heterocycles. The number of amides is 1. The number of nitriles is 1. The summed E-state index contributed by atoms with van der Waals surface area (Å²) in [7, 11) is 0. The molecule has 7 heteroatoms. The highest BCUT2D eigenvalue weighted by molar-refractivity contribution is 9.10. The highest BCUT2D eigenvalue weighted by Crippen LogP contribution is 2.26. The number of hydrogen-bond acceptors (Lipinski definition) is 5. The summed E-state index contributed by atoms with van der Waals surface area (Å²) in [5.74, 6) is -0.462. The fraction of sp³-hybridized carbons (Fsp3) is 0.200. The van der Waals surface area contributed by atoms with Crippen LogP contribution in [-0.4, -0.2) is 32.2 Å². The normalized spacial score (nSPS) is 14.4. The van der Waals surface area contributed by atoms with Crippen molar-refractivity contribution in [3.05, 3.63) is 64.8 Å². The molecule has 0 spiro atoms. The third-order valence-corrected chi connectivity index (χ3v) is 4.62. The highest BCUT2D eigenvalue weighted by Gasteiger charge is 2.15. The molecule has 0 atom stereocenters. The molecule has 0 radical (unpaired) electrons. The van der Waals surface area contributed by atoms with Crippen LogP contribution < -0.4 is 15.5 Å². The van der Waals surface area contributed by atoms with E-state index < -0.39 is 5.91 Å². The molecular formula is C20H19BrN4O2. The predicted octanol–water partition coefficient (Wildman–Crippen LogP) is 3.74. The number of anilines is 3. The van der Waals surface area contributed by atoms with Gasteiger partial charge in [0.2, 0.25) is 0 Å². The third-order valence-electron chi connectivity index (χ3n) is 4.09. The summed E-state index contributed by atoms with van der Waals surface area (Å²) in [4.78, 5) is 14.6. The number of para-hydroxylation sites is 2. The van der Waals surface area contributed by atoms with E-state index >= 15 is 0 Å². The van der Waals surface area contributed by atoms with Crippen LogP contribution in [0.15, 0.2) is 64.8 Å². The first-order valence-electron chi connectivity index (χ1n) is 8.53. The summed E-state index contributed by atoms with van der Waals surface area (Å²) in [6.07, 6.45) is 1.44. The van der Waals surface area contributed by atoms with E-state index in [4.69, 9.17) is 4.74 Å². The van der Waals surface area contributed by atoms with E-state index in [2.05, 4.69) is 31.5 Å². The lowest BCUT2D eigenvalue weighted by Crippen LogP contribution is -2.36. The van der Waals surface area contributed by atoms with Gasteiger partial charge in [0.15, 0.2) is 0 Å². The quantitative estimate of drug-likeness (QED) is 0.562. The van der Waals surface area contributed by atoms with Gasteiger partial charge in [0.25, 0.3) is 5.91 Å². The van der Waals surface area contributed by atoms with Crippen molar-refractivity contribution in [3.63, 3.8) is 0 Å². The topological polar surface area (TPSA) is 77.4 Å². The Labute approximate surface area is 166 Å². The molecule has 1 aliphatic rings. The largest absolute Gasteiger partial charge is 0.378 e. The van der Waals surface area contributed by atoms with Crippen LogP contribution in [-0.2, 0) is 9.53 Å². The first-order chi connectivity index (χ1) is 13.2. The molecule has 0 bridgehead atoms. The Morgan fingerprint density at radius 3 is 2.56 bits per heavy atom. The Bertz CT molecular complexity index is 868. The molecule has 0 unspecified atom stereocenters. The number of halogens is 1. The second-order valence-corrected chi connectivity index (χ2v) is 6.81. The van der Waals surface area contributed by atoms with Crippen molar-refractivity contribution in [1.82, 2.24) is 0 Å². The number of morpholine rings is 1.